The average molecular weight is 522 g/mol. The van der Waals surface area contributed by atoms with Gasteiger partial charge in [-0.25, -0.2) is 14.4 Å². The molecule has 166 valence electrons. The van der Waals surface area contributed by atoms with Gasteiger partial charge in [0.25, 0.3) is 5.91 Å². The number of aromatic nitrogens is 2. The second kappa shape index (κ2) is 7.99. The van der Waals surface area contributed by atoms with E-state index in [2.05, 4.69) is 51.0 Å². The molecule has 1 aliphatic heterocycles. The summed E-state index contributed by atoms with van der Waals surface area (Å²) in [6.45, 7) is 2.75. The summed E-state index contributed by atoms with van der Waals surface area (Å²) in [5.41, 5.74) is 5.05. The monoisotopic (exact) mass is 521 g/mol. The third-order valence-corrected chi connectivity index (χ3v) is 8.26. The Bertz CT molecular complexity index is 1410. The molecule has 2 aromatic carbocycles. The molecule has 1 saturated carbocycles. The molecule has 0 spiro atoms. The van der Waals surface area contributed by atoms with Gasteiger partial charge in [0.1, 0.15) is 16.5 Å². The number of fused-ring (bicyclic) bond motifs is 2. The van der Waals surface area contributed by atoms with Crippen LogP contribution < -0.4 is 0 Å². The van der Waals surface area contributed by atoms with Crippen molar-refractivity contribution in [2.24, 2.45) is 0 Å². The summed E-state index contributed by atoms with van der Waals surface area (Å²) in [6, 6.07) is 15.2. The molecule has 2 aromatic heterocycles. The minimum absolute atomic E-state index is 0.00724. The second-order valence-corrected chi connectivity index (χ2v) is 10.7. The van der Waals surface area contributed by atoms with Crippen LogP contribution in [0.2, 0.25) is 0 Å². The highest BCUT2D eigenvalue weighted by molar-refractivity contribution is 9.10. The number of rotatable bonds is 3. The van der Waals surface area contributed by atoms with Crippen molar-refractivity contribution in [1.82, 2.24) is 14.9 Å². The highest BCUT2D eigenvalue weighted by Crippen LogP contribution is 2.46. The van der Waals surface area contributed by atoms with Gasteiger partial charge < -0.3 is 4.90 Å². The molecule has 0 N–H and O–H groups in total. The molecule has 1 aliphatic carbocycles. The number of benzene rings is 2. The van der Waals surface area contributed by atoms with E-state index in [1.54, 1.807) is 6.07 Å². The van der Waals surface area contributed by atoms with Gasteiger partial charge in [0.15, 0.2) is 5.65 Å². The third-order valence-electron chi connectivity index (χ3n) is 6.64. The molecule has 1 amide bonds. The molecule has 0 bridgehead atoms. The van der Waals surface area contributed by atoms with Crippen molar-refractivity contribution < 1.29 is 9.18 Å². The number of amides is 1. The molecule has 2 aliphatic rings. The molecule has 7 heteroatoms. The van der Waals surface area contributed by atoms with E-state index in [-0.39, 0.29) is 17.8 Å². The second-order valence-electron chi connectivity index (χ2n) is 8.79. The maximum absolute atomic E-state index is 14.6. The first kappa shape index (κ1) is 20.9. The lowest BCUT2D eigenvalue weighted by Crippen LogP contribution is -2.39. The van der Waals surface area contributed by atoms with E-state index in [4.69, 9.17) is 0 Å². The zero-order chi connectivity index (χ0) is 22.7. The van der Waals surface area contributed by atoms with Gasteiger partial charge in [-0.1, -0.05) is 40.2 Å². The van der Waals surface area contributed by atoms with Gasteiger partial charge in [-0.15, -0.1) is 11.3 Å². The smallest absolute Gasteiger partial charge is 0.273 e. The van der Waals surface area contributed by atoms with Gasteiger partial charge in [-0.05, 0) is 73.1 Å². The van der Waals surface area contributed by atoms with Crippen LogP contribution in [0.5, 0.6) is 0 Å². The number of carbonyl (C=O) groups excluding carboxylic acids is 1. The van der Waals surface area contributed by atoms with Crippen molar-refractivity contribution in [3.63, 3.8) is 0 Å². The molecule has 0 saturated heterocycles. The van der Waals surface area contributed by atoms with E-state index < -0.39 is 0 Å². The van der Waals surface area contributed by atoms with Crippen molar-refractivity contribution in [1.29, 1.82) is 0 Å². The van der Waals surface area contributed by atoms with Gasteiger partial charge in [0.2, 0.25) is 0 Å². The van der Waals surface area contributed by atoms with E-state index in [1.807, 2.05) is 23.1 Å². The zero-order valence-electron chi connectivity index (χ0n) is 18.0. The van der Waals surface area contributed by atoms with Crippen LogP contribution in [-0.4, -0.2) is 27.3 Å². The van der Waals surface area contributed by atoms with Crippen LogP contribution >= 0.6 is 27.3 Å². The standard InChI is InChI=1S/C26H21BrFN3OS/c1-14-18-5-3-2-4-15(18)10-11-31(14)26(32)22-13-20(16-6-7-16)23-24(29-22)30-25(33-23)19-9-8-17(27)12-21(19)28/h2-5,8-9,12-14,16H,6-7,10-11H2,1H3. The maximum Gasteiger partial charge on any atom is 0.273 e. The number of pyridine rings is 1. The van der Waals surface area contributed by atoms with E-state index in [1.165, 1.54) is 28.5 Å². The average Bonchev–Trinajstić information content (AvgIpc) is 3.57. The highest BCUT2D eigenvalue weighted by atomic mass is 79.9. The highest BCUT2D eigenvalue weighted by Gasteiger charge is 2.32. The lowest BCUT2D eigenvalue weighted by atomic mass is 9.93. The molecule has 6 rings (SSSR count). The minimum atomic E-state index is -0.325. The SMILES string of the molecule is CC1c2ccccc2CCN1C(=O)c1cc(C2CC2)c2sc(-c3ccc(Br)cc3F)nc2n1. The molecule has 0 radical (unpaired) electrons. The number of carbonyl (C=O) groups is 1. The Morgan fingerprint density at radius 3 is 2.73 bits per heavy atom. The van der Waals surface area contributed by atoms with Crippen LogP contribution in [0.15, 0.2) is 53.0 Å². The fourth-order valence-corrected chi connectivity index (χ4v) is 6.18. The predicted octanol–water partition coefficient (Wildman–Crippen LogP) is 6.90. The van der Waals surface area contributed by atoms with E-state index in [9.17, 15) is 9.18 Å². The molecular formula is C26H21BrFN3OS. The van der Waals surface area contributed by atoms with E-state index in [0.29, 0.717) is 38.8 Å². The fourth-order valence-electron chi connectivity index (χ4n) is 4.72. The van der Waals surface area contributed by atoms with E-state index >= 15 is 0 Å². The number of hydrogen-bond donors (Lipinski definition) is 0. The molecule has 4 aromatic rings. The summed E-state index contributed by atoms with van der Waals surface area (Å²) >= 11 is 4.77. The number of hydrogen-bond acceptors (Lipinski definition) is 4. The van der Waals surface area contributed by atoms with Crippen LogP contribution in [0, 0.1) is 5.82 Å². The Labute approximate surface area is 203 Å². The lowest BCUT2D eigenvalue weighted by Gasteiger charge is -2.35. The molecule has 1 fully saturated rings. The first-order valence-electron chi connectivity index (χ1n) is 11.2. The lowest BCUT2D eigenvalue weighted by molar-refractivity contribution is 0.0672. The Kier molecular flexibility index (Phi) is 5.07. The van der Waals surface area contributed by atoms with Crippen LogP contribution in [0.4, 0.5) is 4.39 Å². The van der Waals surface area contributed by atoms with Crippen molar-refractivity contribution >= 4 is 43.5 Å². The topological polar surface area (TPSA) is 46.1 Å². The first-order valence-corrected chi connectivity index (χ1v) is 12.8. The van der Waals surface area contributed by atoms with Gasteiger partial charge in [-0.2, -0.15) is 0 Å². The van der Waals surface area contributed by atoms with Gasteiger partial charge in [-0.3, -0.25) is 4.79 Å². The van der Waals surface area contributed by atoms with Crippen LogP contribution in [-0.2, 0) is 6.42 Å². The molecule has 3 heterocycles. The maximum atomic E-state index is 14.6. The molecular weight excluding hydrogens is 501 g/mol. The summed E-state index contributed by atoms with van der Waals surface area (Å²) in [7, 11) is 0. The fraction of sp³-hybridized carbons (Fsp3) is 0.269. The summed E-state index contributed by atoms with van der Waals surface area (Å²) in [4.78, 5) is 24.9. The number of halogens is 2. The summed E-state index contributed by atoms with van der Waals surface area (Å²) in [5.74, 6) is 0.0308. The zero-order valence-corrected chi connectivity index (χ0v) is 20.4. The van der Waals surface area contributed by atoms with Gasteiger partial charge in [0, 0.05) is 16.6 Å². The number of thiazole rings is 1. The van der Waals surface area contributed by atoms with Crippen LogP contribution in [0.25, 0.3) is 20.9 Å². The predicted molar refractivity (Wildman–Crippen MR) is 132 cm³/mol. The van der Waals surface area contributed by atoms with Crippen molar-refractivity contribution in [3.8, 4) is 10.6 Å². The quantitative estimate of drug-likeness (QED) is 0.294. The first-order chi connectivity index (χ1) is 16.0. The Hall–Kier alpha value is -2.64. The molecule has 33 heavy (non-hydrogen) atoms. The van der Waals surface area contributed by atoms with Crippen molar-refractivity contribution in [2.75, 3.05) is 6.54 Å². The normalized spacial score (nSPS) is 17.9. The van der Waals surface area contributed by atoms with Gasteiger partial charge >= 0.3 is 0 Å². The summed E-state index contributed by atoms with van der Waals surface area (Å²) in [6.07, 6.45) is 3.04. The molecule has 4 nitrogen and oxygen atoms in total. The largest absolute Gasteiger partial charge is 0.330 e. The van der Waals surface area contributed by atoms with Crippen molar-refractivity contribution in [2.45, 2.75) is 38.1 Å². The summed E-state index contributed by atoms with van der Waals surface area (Å²) < 4.78 is 16.3. The Morgan fingerprint density at radius 2 is 1.94 bits per heavy atom. The molecule has 1 atom stereocenters. The third kappa shape index (κ3) is 3.67. The molecule has 1 unspecified atom stereocenters. The van der Waals surface area contributed by atoms with Crippen LogP contribution in [0.1, 0.15) is 58.9 Å². The summed E-state index contributed by atoms with van der Waals surface area (Å²) in [5, 5.41) is 0.592. The van der Waals surface area contributed by atoms with Crippen LogP contribution in [0.3, 0.4) is 0 Å². The minimum Gasteiger partial charge on any atom is -0.330 e. The van der Waals surface area contributed by atoms with E-state index in [0.717, 1.165) is 29.5 Å². The number of nitrogens with zero attached hydrogens (tertiary/aromatic N) is 3. The van der Waals surface area contributed by atoms with Crippen molar-refractivity contribution in [3.05, 3.63) is 81.2 Å². The Balaban J connectivity index is 1.41. The Morgan fingerprint density at radius 1 is 1.12 bits per heavy atom. The van der Waals surface area contributed by atoms with Gasteiger partial charge in [0.05, 0.1) is 10.7 Å².